The number of rotatable bonds is 4. The van der Waals surface area contributed by atoms with Gasteiger partial charge in [0.05, 0.1) is 17.6 Å². The standard InChI is InChI=1S/C15H22N2O4S.ClH/c1-11-4-5-13(10-14(11)15(18)21-3)22(19,20)17(2)12-6-8-16-9-7-12;/h4-5,10,12,16H,6-9H2,1-3H3;1H. The lowest BCUT2D eigenvalue weighted by atomic mass is 10.1. The highest BCUT2D eigenvalue weighted by Gasteiger charge is 2.29. The van der Waals surface area contributed by atoms with Gasteiger partial charge in [-0.3, -0.25) is 0 Å². The molecule has 1 heterocycles. The molecule has 0 unspecified atom stereocenters. The highest BCUT2D eigenvalue weighted by Crippen LogP contribution is 2.23. The average molecular weight is 363 g/mol. The van der Waals surface area contributed by atoms with Crippen LogP contribution in [0, 0.1) is 6.92 Å². The molecule has 0 amide bonds. The zero-order valence-corrected chi connectivity index (χ0v) is 15.2. The number of esters is 1. The highest BCUT2D eigenvalue weighted by molar-refractivity contribution is 7.89. The smallest absolute Gasteiger partial charge is 0.338 e. The number of nitrogens with zero attached hydrogens (tertiary/aromatic N) is 1. The number of carbonyl (C=O) groups is 1. The molecule has 1 aliphatic rings. The van der Waals surface area contributed by atoms with Gasteiger partial charge in [0.15, 0.2) is 0 Å². The van der Waals surface area contributed by atoms with Gasteiger partial charge >= 0.3 is 5.97 Å². The third-order valence-corrected chi connectivity index (χ3v) is 6.02. The third-order valence-electron chi connectivity index (χ3n) is 4.11. The van der Waals surface area contributed by atoms with Gasteiger partial charge in [-0.25, -0.2) is 13.2 Å². The van der Waals surface area contributed by atoms with Crippen LogP contribution in [0.2, 0.25) is 0 Å². The molecule has 23 heavy (non-hydrogen) atoms. The van der Waals surface area contributed by atoms with E-state index in [1.165, 1.54) is 23.5 Å². The molecule has 6 nitrogen and oxygen atoms in total. The first kappa shape index (κ1) is 19.9. The van der Waals surface area contributed by atoms with Crippen LogP contribution >= 0.6 is 12.4 Å². The molecule has 2 rings (SSSR count). The SMILES string of the molecule is COC(=O)c1cc(S(=O)(=O)N(C)C2CCNCC2)ccc1C.Cl. The minimum absolute atomic E-state index is 0. The first-order valence-electron chi connectivity index (χ1n) is 7.25. The molecule has 1 fully saturated rings. The van der Waals surface area contributed by atoms with E-state index in [1.807, 2.05) is 0 Å². The van der Waals surface area contributed by atoms with E-state index in [-0.39, 0.29) is 28.9 Å². The second-order valence-electron chi connectivity index (χ2n) is 5.47. The summed E-state index contributed by atoms with van der Waals surface area (Å²) in [4.78, 5) is 11.9. The molecule has 1 aliphatic heterocycles. The Balaban J connectivity index is 0.00000264. The monoisotopic (exact) mass is 362 g/mol. The number of benzene rings is 1. The molecule has 0 bridgehead atoms. The number of hydrogen-bond acceptors (Lipinski definition) is 5. The Kier molecular flexibility index (Phi) is 7.01. The second-order valence-corrected chi connectivity index (χ2v) is 7.47. The summed E-state index contributed by atoms with van der Waals surface area (Å²) >= 11 is 0. The molecule has 0 spiro atoms. The summed E-state index contributed by atoms with van der Waals surface area (Å²) in [6.07, 6.45) is 1.57. The normalized spacial score (nSPS) is 16.0. The lowest BCUT2D eigenvalue weighted by Gasteiger charge is -2.31. The predicted octanol–water partition coefficient (Wildman–Crippen LogP) is 1.58. The number of sulfonamides is 1. The average Bonchev–Trinajstić information content (AvgIpc) is 2.54. The van der Waals surface area contributed by atoms with Gasteiger partial charge in [-0.15, -0.1) is 12.4 Å². The van der Waals surface area contributed by atoms with Gasteiger partial charge in [0.25, 0.3) is 0 Å². The Morgan fingerprint density at radius 2 is 1.91 bits per heavy atom. The van der Waals surface area contributed by atoms with Crippen molar-refractivity contribution in [2.45, 2.75) is 30.7 Å². The lowest BCUT2D eigenvalue weighted by Crippen LogP contribution is -2.43. The first-order chi connectivity index (χ1) is 10.4. The third kappa shape index (κ3) is 4.23. The van der Waals surface area contributed by atoms with Crippen molar-refractivity contribution in [1.29, 1.82) is 0 Å². The molecule has 0 radical (unpaired) electrons. The molecule has 1 aromatic rings. The second kappa shape index (κ2) is 8.10. The Bertz CT molecular complexity index is 657. The van der Waals surface area contributed by atoms with Crippen molar-refractivity contribution in [1.82, 2.24) is 9.62 Å². The number of methoxy groups -OCH3 is 1. The van der Waals surface area contributed by atoms with Crippen LogP contribution in [0.3, 0.4) is 0 Å². The van der Waals surface area contributed by atoms with Crippen molar-refractivity contribution in [2.24, 2.45) is 0 Å². The fraction of sp³-hybridized carbons (Fsp3) is 0.533. The van der Waals surface area contributed by atoms with Crippen LogP contribution in [-0.4, -0.2) is 52.0 Å². The quantitative estimate of drug-likeness (QED) is 0.823. The molecule has 1 saturated heterocycles. The summed E-state index contributed by atoms with van der Waals surface area (Å²) in [5, 5.41) is 3.22. The molecule has 1 aromatic carbocycles. The summed E-state index contributed by atoms with van der Waals surface area (Å²) in [7, 11) is -0.740. The van der Waals surface area contributed by atoms with Crippen LogP contribution in [0.25, 0.3) is 0 Å². The molecule has 0 atom stereocenters. The summed E-state index contributed by atoms with van der Waals surface area (Å²) in [6, 6.07) is 4.55. The predicted molar refractivity (Wildman–Crippen MR) is 90.6 cm³/mol. The van der Waals surface area contributed by atoms with E-state index in [1.54, 1.807) is 20.0 Å². The Hall–Kier alpha value is -1.15. The molecule has 0 saturated carbocycles. The van der Waals surface area contributed by atoms with Crippen LogP contribution in [0.5, 0.6) is 0 Å². The Morgan fingerprint density at radius 1 is 1.30 bits per heavy atom. The van der Waals surface area contributed by atoms with E-state index in [4.69, 9.17) is 4.74 Å². The summed E-state index contributed by atoms with van der Waals surface area (Å²) < 4.78 is 31.6. The van der Waals surface area contributed by atoms with E-state index < -0.39 is 16.0 Å². The van der Waals surface area contributed by atoms with Crippen molar-refractivity contribution < 1.29 is 17.9 Å². The van der Waals surface area contributed by atoms with Crippen LogP contribution in [-0.2, 0) is 14.8 Å². The van der Waals surface area contributed by atoms with E-state index in [9.17, 15) is 13.2 Å². The van der Waals surface area contributed by atoms with Crippen molar-refractivity contribution in [3.63, 3.8) is 0 Å². The summed E-state index contributed by atoms with van der Waals surface area (Å²) in [5.74, 6) is -0.529. The van der Waals surface area contributed by atoms with Gasteiger partial charge < -0.3 is 10.1 Å². The molecule has 1 N–H and O–H groups in total. The molecule has 0 aliphatic carbocycles. The van der Waals surface area contributed by atoms with Gasteiger partial charge in [-0.1, -0.05) is 6.07 Å². The number of piperidine rings is 1. The fourth-order valence-electron chi connectivity index (χ4n) is 2.62. The fourth-order valence-corrected chi connectivity index (χ4v) is 4.07. The number of halogens is 1. The van der Waals surface area contributed by atoms with Crippen LogP contribution in [0.1, 0.15) is 28.8 Å². The van der Waals surface area contributed by atoms with Crippen molar-refractivity contribution in [3.05, 3.63) is 29.3 Å². The molecule has 8 heteroatoms. The Labute approximate surface area is 143 Å². The lowest BCUT2D eigenvalue weighted by molar-refractivity contribution is 0.0599. The van der Waals surface area contributed by atoms with Gasteiger partial charge in [0.2, 0.25) is 10.0 Å². The number of ether oxygens (including phenoxy) is 1. The van der Waals surface area contributed by atoms with Crippen LogP contribution < -0.4 is 5.32 Å². The topological polar surface area (TPSA) is 75.7 Å². The number of hydrogen-bond donors (Lipinski definition) is 1. The largest absolute Gasteiger partial charge is 0.465 e. The van der Waals surface area contributed by atoms with Gasteiger partial charge in [-0.2, -0.15) is 4.31 Å². The maximum atomic E-state index is 12.8. The zero-order chi connectivity index (χ0) is 16.3. The number of nitrogens with one attached hydrogen (secondary N) is 1. The van der Waals surface area contributed by atoms with Crippen LogP contribution in [0.15, 0.2) is 23.1 Å². The molecular weight excluding hydrogens is 340 g/mol. The van der Waals surface area contributed by atoms with Crippen molar-refractivity contribution in [2.75, 3.05) is 27.2 Å². The van der Waals surface area contributed by atoms with E-state index in [0.29, 0.717) is 5.56 Å². The molecule has 130 valence electrons. The summed E-state index contributed by atoms with van der Waals surface area (Å²) in [6.45, 7) is 3.37. The maximum absolute atomic E-state index is 12.8. The Morgan fingerprint density at radius 3 is 2.48 bits per heavy atom. The van der Waals surface area contributed by atoms with E-state index in [0.717, 1.165) is 25.9 Å². The number of aryl methyl sites for hydroxylation is 1. The van der Waals surface area contributed by atoms with Crippen molar-refractivity contribution >= 4 is 28.4 Å². The minimum atomic E-state index is -3.62. The maximum Gasteiger partial charge on any atom is 0.338 e. The first-order valence-corrected chi connectivity index (χ1v) is 8.69. The minimum Gasteiger partial charge on any atom is -0.465 e. The molecule has 0 aromatic heterocycles. The van der Waals surface area contributed by atoms with Gasteiger partial charge in [0.1, 0.15) is 0 Å². The van der Waals surface area contributed by atoms with Gasteiger partial charge in [0, 0.05) is 13.1 Å². The number of carbonyl (C=O) groups excluding carboxylic acids is 1. The van der Waals surface area contributed by atoms with Crippen LogP contribution in [0.4, 0.5) is 0 Å². The van der Waals surface area contributed by atoms with E-state index >= 15 is 0 Å². The van der Waals surface area contributed by atoms with E-state index in [2.05, 4.69) is 5.32 Å². The molecular formula is C15H23ClN2O4S. The highest BCUT2D eigenvalue weighted by atomic mass is 35.5. The van der Waals surface area contributed by atoms with Gasteiger partial charge in [-0.05, 0) is 50.6 Å². The van der Waals surface area contributed by atoms with Crippen molar-refractivity contribution in [3.8, 4) is 0 Å². The summed E-state index contributed by atoms with van der Waals surface area (Å²) in [5.41, 5.74) is 0.970. The zero-order valence-electron chi connectivity index (χ0n) is 13.5.